The van der Waals surface area contributed by atoms with Gasteiger partial charge in [-0.15, -0.1) is 0 Å². The average Bonchev–Trinajstić information content (AvgIpc) is 2.88. The van der Waals surface area contributed by atoms with Gasteiger partial charge in [0, 0.05) is 24.1 Å². The number of piperidine rings is 1. The van der Waals surface area contributed by atoms with Crippen LogP contribution >= 0.6 is 27.7 Å². The van der Waals surface area contributed by atoms with E-state index < -0.39 is 10.0 Å². The zero-order valence-electron chi connectivity index (χ0n) is 20.0. The SMILES string of the molecule is CCn1c(SCC(=O)Nc2cc(S(=O)(=O)N3CCCCC3)ccc2OC)nc2ccc(Br)cc2c1=O. The van der Waals surface area contributed by atoms with E-state index in [1.54, 1.807) is 12.1 Å². The summed E-state index contributed by atoms with van der Waals surface area (Å²) in [5.74, 6) is -0.0507. The fraction of sp³-hybridized carbons (Fsp3) is 0.375. The highest BCUT2D eigenvalue weighted by Gasteiger charge is 2.27. The molecule has 1 amide bonds. The maximum atomic E-state index is 13.1. The minimum Gasteiger partial charge on any atom is -0.495 e. The number of sulfonamides is 1. The molecule has 1 aliphatic rings. The first-order valence-corrected chi connectivity index (χ1v) is 14.8. The summed E-state index contributed by atoms with van der Waals surface area (Å²) in [4.78, 5) is 30.4. The number of anilines is 1. The molecule has 36 heavy (non-hydrogen) atoms. The van der Waals surface area contributed by atoms with E-state index in [2.05, 4.69) is 26.2 Å². The van der Waals surface area contributed by atoms with Gasteiger partial charge in [0.25, 0.3) is 5.56 Å². The first kappa shape index (κ1) is 26.6. The lowest BCUT2D eigenvalue weighted by Crippen LogP contribution is -2.35. The van der Waals surface area contributed by atoms with Gasteiger partial charge in [-0.2, -0.15) is 4.31 Å². The van der Waals surface area contributed by atoms with Crippen molar-refractivity contribution in [1.29, 1.82) is 0 Å². The number of hydrogen-bond acceptors (Lipinski definition) is 7. The highest BCUT2D eigenvalue weighted by atomic mass is 79.9. The first-order valence-electron chi connectivity index (χ1n) is 11.6. The summed E-state index contributed by atoms with van der Waals surface area (Å²) >= 11 is 4.52. The number of thioether (sulfide) groups is 1. The molecule has 0 spiro atoms. The van der Waals surface area contributed by atoms with Crippen LogP contribution in [0.15, 0.2) is 55.7 Å². The standard InChI is InChI=1S/C24H27BrN4O5S2/c1-3-29-23(31)18-13-16(25)7-9-19(18)27-24(29)35-15-22(30)26-20-14-17(8-10-21(20)34-2)36(32,33)28-11-5-4-6-12-28/h7-10,13-14H,3-6,11-12,15H2,1-2H3,(H,26,30). The molecular weight excluding hydrogens is 568 g/mol. The molecule has 12 heteroatoms. The summed E-state index contributed by atoms with van der Waals surface area (Å²) < 4.78 is 35.3. The second-order valence-electron chi connectivity index (χ2n) is 8.27. The minimum atomic E-state index is -3.67. The van der Waals surface area contributed by atoms with Crippen molar-refractivity contribution < 1.29 is 17.9 Å². The molecule has 1 fully saturated rings. The van der Waals surface area contributed by atoms with Crippen molar-refractivity contribution in [2.45, 2.75) is 42.8 Å². The van der Waals surface area contributed by atoms with Crippen molar-refractivity contribution in [1.82, 2.24) is 13.9 Å². The molecule has 0 aliphatic carbocycles. The molecule has 1 aromatic heterocycles. The van der Waals surface area contributed by atoms with Crippen LogP contribution in [-0.2, 0) is 21.4 Å². The lowest BCUT2D eigenvalue weighted by molar-refractivity contribution is -0.113. The number of aromatic nitrogens is 2. The molecule has 2 aromatic carbocycles. The van der Waals surface area contributed by atoms with E-state index in [0.29, 0.717) is 41.4 Å². The largest absolute Gasteiger partial charge is 0.495 e. The van der Waals surface area contributed by atoms with Crippen LogP contribution in [-0.4, -0.2) is 54.1 Å². The zero-order valence-corrected chi connectivity index (χ0v) is 23.2. The number of nitrogens with one attached hydrogen (secondary N) is 1. The molecule has 0 bridgehead atoms. The summed E-state index contributed by atoms with van der Waals surface area (Å²) in [5.41, 5.74) is 0.641. The summed E-state index contributed by atoms with van der Waals surface area (Å²) in [6.45, 7) is 3.22. The van der Waals surface area contributed by atoms with Gasteiger partial charge in [0.05, 0.1) is 34.3 Å². The molecule has 1 saturated heterocycles. The Morgan fingerprint density at radius 1 is 1.17 bits per heavy atom. The van der Waals surface area contributed by atoms with Gasteiger partial charge in [-0.25, -0.2) is 13.4 Å². The zero-order chi connectivity index (χ0) is 25.9. The van der Waals surface area contributed by atoms with Crippen LogP contribution in [0.25, 0.3) is 10.9 Å². The minimum absolute atomic E-state index is 0.0271. The van der Waals surface area contributed by atoms with Crippen LogP contribution < -0.4 is 15.6 Å². The normalized spacial score (nSPS) is 14.6. The fourth-order valence-corrected chi connectivity index (χ4v) is 6.85. The van der Waals surface area contributed by atoms with Crippen LogP contribution in [0.3, 0.4) is 0 Å². The third kappa shape index (κ3) is 5.61. The maximum Gasteiger partial charge on any atom is 0.262 e. The van der Waals surface area contributed by atoms with Crippen molar-refractivity contribution in [3.8, 4) is 5.75 Å². The molecule has 1 N–H and O–H groups in total. The monoisotopic (exact) mass is 594 g/mol. The van der Waals surface area contributed by atoms with Crippen LogP contribution in [0.5, 0.6) is 5.75 Å². The Hall–Kier alpha value is -2.41. The number of carbonyl (C=O) groups excluding carboxylic acids is 1. The van der Waals surface area contributed by atoms with Gasteiger partial charge < -0.3 is 10.1 Å². The highest BCUT2D eigenvalue weighted by Crippen LogP contribution is 2.30. The van der Waals surface area contributed by atoms with Crippen molar-refractivity contribution in [2.24, 2.45) is 0 Å². The summed E-state index contributed by atoms with van der Waals surface area (Å²) in [6.07, 6.45) is 2.68. The van der Waals surface area contributed by atoms with Crippen molar-refractivity contribution in [3.05, 3.63) is 51.2 Å². The lowest BCUT2D eigenvalue weighted by atomic mass is 10.2. The number of halogens is 1. The third-order valence-electron chi connectivity index (χ3n) is 5.93. The number of rotatable bonds is 8. The Balaban J connectivity index is 1.54. The number of carbonyl (C=O) groups is 1. The Labute approximate surface area is 222 Å². The molecule has 192 valence electrons. The lowest BCUT2D eigenvalue weighted by Gasteiger charge is -2.26. The quantitative estimate of drug-likeness (QED) is 0.309. The van der Waals surface area contributed by atoms with E-state index >= 15 is 0 Å². The van der Waals surface area contributed by atoms with E-state index in [1.165, 1.54) is 34.2 Å². The number of fused-ring (bicyclic) bond motifs is 1. The van der Waals surface area contributed by atoms with Crippen LogP contribution in [0.4, 0.5) is 5.69 Å². The van der Waals surface area contributed by atoms with Gasteiger partial charge >= 0.3 is 0 Å². The summed E-state index contributed by atoms with van der Waals surface area (Å²) in [7, 11) is -2.21. The van der Waals surface area contributed by atoms with Gasteiger partial charge in [0.15, 0.2) is 5.16 Å². The van der Waals surface area contributed by atoms with Crippen LogP contribution in [0, 0.1) is 0 Å². The number of ether oxygens (including phenoxy) is 1. The van der Waals surface area contributed by atoms with E-state index in [-0.39, 0.29) is 27.8 Å². The predicted molar refractivity (Wildman–Crippen MR) is 144 cm³/mol. The molecule has 2 heterocycles. The van der Waals surface area contributed by atoms with E-state index in [4.69, 9.17) is 4.74 Å². The predicted octanol–water partition coefficient (Wildman–Crippen LogP) is 4.09. The van der Waals surface area contributed by atoms with Gasteiger partial charge in [-0.1, -0.05) is 34.1 Å². The average molecular weight is 596 g/mol. The number of benzene rings is 2. The van der Waals surface area contributed by atoms with Gasteiger partial charge in [-0.3, -0.25) is 14.2 Å². The van der Waals surface area contributed by atoms with E-state index in [0.717, 1.165) is 35.5 Å². The Kier molecular flexibility index (Phi) is 8.38. The highest BCUT2D eigenvalue weighted by molar-refractivity contribution is 9.10. The van der Waals surface area contributed by atoms with Crippen molar-refractivity contribution in [3.63, 3.8) is 0 Å². The number of nitrogens with zero attached hydrogens (tertiary/aromatic N) is 3. The Morgan fingerprint density at radius 3 is 2.61 bits per heavy atom. The molecule has 0 radical (unpaired) electrons. The van der Waals surface area contributed by atoms with Gasteiger partial charge in [-0.05, 0) is 56.2 Å². The molecule has 0 unspecified atom stereocenters. The molecule has 3 aromatic rings. The molecule has 1 aliphatic heterocycles. The van der Waals surface area contributed by atoms with Crippen LogP contribution in [0.2, 0.25) is 0 Å². The van der Waals surface area contributed by atoms with Crippen molar-refractivity contribution >= 4 is 60.2 Å². The second kappa shape index (κ2) is 11.3. The van der Waals surface area contributed by atoms with E-state index in [9.17, 15) is 18.0 Å². The van der Waals surface area contributed by atoms with E-state index in [1.807, 2.05) is 13.0 Å². The molecule has 0 atom stereocenters. The number of amides is 1. The third-order valence-corrected chi connectivity index (χ3v) is 9.29. The Morgan fingerprint density at radius 2 is 1.92 bits per heavy atom. The number of hydrogen-bond donors (Lipinski definition) is 1. The molecule has 4 rings (SSSR count). The maximum absolute atomic E-state index is 13.1. The molecule has 0 saturated carbocycles. The Bertz CT molecular complexity index is 1450. The fourth-order valence-electron chi connectivity index (χ4n) is 4.08. The molecular formula is C24H27BrN4O5S2. The molecule has 9 nitrogen and oxygen atoms in total. The second-order valence-corrected chi connectivity index (χ2v) is 12.1. The summed E-state index contributed by atoms with van der Waals surface area (Å²) in [6, 6.07) is 9.75. The first-order chi connectivity index (χ1) is 17.2. The van der Waals surface area contributed by atoms with Gasteiger partial charge in [0.1, 0.15) is 5.75 Å². The number of methoxy groups -OCH3 is 1. The smallest absolute Gasteiger partial charge is 0.262 e. The van der Waals surface area contributed by atoms with Crippen molar-refractivity contribution in [2.75, 3.05) is 31.3 Å². The topological polar surface area (TPSA) is 111 Å². The summed E-state index contributed by atoms with van der Waals surface area (Å²) in [5, 5.41) is 3.68. The van der Waals surface area contributed by atoms with Gasteiger partial charge in [0.2, 0.25) is 15.9 Å². The van der Waals surface area contributed by atoms with Crippen LogP contribution in [0.1, 0.15) is 26.2 Å².